The van der Waals surface area contributed by atoms with Gasteiger partial charge in [-0.1, -0.05) is 6.58 Å². The number of aryl methyl sites for hydroxylation is 1. The molecule has 2 aliphatic heterocycles. The van der Waals surface area contributed by atoms with Gasteiger partial charge in [0.2, 0.25) is 5.91 Å². The Bertz CT molecular complexity index is 1710. The van der Waals surface area contributed by atoms with Crippen molar-refractivity contribution in [1.82, 2.24) is 34.1 Å². The molecule has 1 aromatic carbocycles. The molecule has 0 radical (unpaired) electrons. The maximum atomic E-state index is 12.4. The molecule has 39 heavy (non-hydrogen) atoms. The second kappa shape index (κ2) is 9.23. The second-order valence-electron chi connectivity index (χ2n) is 10.3. The molecule has 0 saturated carbocycles. The summed E-state index contributed by atoms with van der Waals surface area (Å²) in [5, 5.41) is 12.1. The minimum atomic E-state index is 0.0512. The summed E-state index contributed by atoms with van der Waals surface area (Å²) in [6.45, 7) is 5.72. The van der Waals surface area contributed by atoms with Crippen LogP contribution < -0.4 is 10.1 Å². The maximum absolute atomic E-state index is 12.4. The Hall–Kier alpha value is -4.73. The Morgan fingerprint density at radius 1 is 1.03 bits per heavy atom. The third-order valence-electron chi connectivity index (χ3n) is 8.00. The van der Waals surface area contributed by atoms with Crippen molar-refractivity contribution in [1.29, 1.82) is 0 Å². The van der Waals surface area contributed by atoms with Crippen molar-refractivity contribution in [2.45, 2.75) is 50.6 Å². The number of hydrogen-bond donors (Lipinski definition) is 1. The third-order valence-corrected chi connectivity index (χ3v) is 8.00. The molecule has 2 saturated heterocycles. The lowest BCUT2D eigenvalue weighted by Crippen LogP contribution is -2.45. The minimum absolute atomic E-state index is 0.0512. The Balaban J connectivity index is 1.14. The highest BCUT2D eigenvalue weighted by Crippen LogP contribution is 2.45. The van der Waals surface area contributed by atoms with Crippen LogP contribution in [0.4, 0.5) is 11.5 Å². The van der Waals surface area contributed by atoms with Gasteiger partial charge in [-0.3, -0.25) is 4.79 Å². The van der Waals surface area contributed by atoms with Crippen LogP contribution in [0.2, 0.25) is 0 Å². The molecular weight excluding hydrogens is 492 g/mol. The molecule has 10 heteroatoms. The molecule has 10 nitrogen and oxygen atoms in total. The van der Waals surface area contributed by atoms with Crippen LogP contribution >= 0.6 is 0 Å². The fourth-order valence-electron chi connectivity index (χ4n) is 6.26. The van der Waals surface area contributed by atoms with E-state index in [1.807, 2.05) is 59.1 Å². The number of aromatic nitrogens is 6. The predicted molar refractivity (Wildman–Crippen MR) is 146 cm³/mol. The number of benzene rings is 1. The van der Waals surface area contributed by atoms with E-state index in [2.05, 4.69) is 38.1 Å². The van der Waals surface area contributed by atoms with Crippen LogP contribution in [-0.4, -0.2) is 52.1 Å². The van der Waals surface area contributed by atoms with Crippen LogP contribution in [0.5, 0.6) is 11.5 Å². The van der Waals surface area contributed by atoms with E-state index in [0.29, 0.717) is 11.7 Å². The van der Waals surface area contributed by atoms with Crippen molar-refractivity contribution in [3.8, 4) is 11.5 Å². The molecule has 2 aliphatic rings. The van der Waals surface area contributed by atoms with E-state index in [4.69, 9.17) is 4.74 Å². The number of hydrogen-bond acceptors (Lipinski definition) is 7. The summed E-state index contributed by atoms with van der Waals surface area (Å²) in [7, 11) is 0. The van der Waals surface area contributed by atoms with E-state index in [9.17, 15) is 4.79 Å². The number of anilines is 2. The van der Waals surface area contributed by atoms with Crippen molar-refractivity contribution >= 4 is 28.6 Å². The Kier molecular flexibility index (Phi) is 5.54. The topological polar surface area (TPSA) is 102 Å². The first-order valence-corrected chi connectivity index (χ1v) is 13.2. The number of fused-ring (bicyclic) bond motifs is 4. The van der Waals surface area contributed by atoms with Crippen molar-refractivity contribution in [2.24, 2.45) is 0 Å². The summed E-state index contributed by atoms with van der Waals surface area (Å²) in [5.41, 5.74) is 4.82. The van der Waals surface area contributed by atoms with Gasteiger partial charge in [-0.05, 0) is 86.1 Å². The molecule has 7 rings (SSSR count). The molecule has 6 heterocycles. The number of nitrogens with zero attached hydrogens (tertiary/aromatic N) is 7. The van der Waals surface area contributed by atoms with Crippen molar-refractivity contribution in [2.75, 3.05) is 5.32 Å². The molecule has 0 spiro atoms. The van der Waals surface area contributed by atoms with Crippen molar-refractivity contribution in [3.63, 3.8) is 0 Å². The molecule has 1 N–H and O–H groups in total. The molecule has 1 unspecified atom stereocenters. The van der Waals surface area contributed by atoms with E-state index in [-0.39, 0.29) is 18.0 Å². The van der Waals surface area contributed by atoms with Gasteiger partial charge >= 0.3 is 0 Å². The number of pyridine rings is 1. The van der Waals surface area contributed by atoms with E-state index in [0.717, 1.165) is 59.7 Å². The van der Waals surface area contributed by atoms with Crippen LogP contribution in [0.25, 0.3) is 11.2 Å². The van der Waals surface area contributed by atoms with Gasteiger partial charge in [0.25, 0.3) is 0 Å². The Morgan fingerprint density at radius 2 is 1.79 bits per heavy atom. The predicted octanol–water partition coefficient (Wildman–Crippen LogP) is 5.04. The normalized spacial score (nSPS) is 20.4. The number of amides is 1. The molecule has 196 valence electrons. The quantitative estimate of drug-likeness (QED) is 0.313. The number of ether oxygens (including phenoxy) is 1. The zero-order chi connectivity index (χ0) is 26.5. The van der Waals surface area contributed by atoms with Crippen LogP contribution in [0, 0.1) is 6.92 Å². The van der Waals surface area contributed by atoms with Gasteiger partial charge in [0.05, 0.1) is 0 Å². The molecule has 4 aromatic heterocycles. The van der Waals surface area contributed by atoms with Crippen LogP contribution in [0.3, 0.4) is 0 Å². The van der Waals surface area contributed by atoms with Crippen molar-refractivity contribution in [3.05, 3.63) is 85.2 Å². The van der Waals surface area contributed by atoms with E-state index in [1.165, 1.54) is 18.0 Å². The smallest absolute Gasteiger partial charge is 0.246 e. The molecule has 1 amide bonds. The lowest BCUT2D eigenvalue weighted by atomic mass is 9.85. The zero-order valence-corrected chi connectivity index (χ0v) is 21.6. The Labute approximate surface area is 224 Å². The van der Waals surface area contributed by atoms with Gasteiger partial charge in [0, 0.05) is 36.2 Å². The standard InChI is InChI=1S/C29H28N8O2/c1-3-27(38)37-21-5-6-22(37)14-19(13-21)24-9-11-36-28(24)29(31-17-33-36)34-20-4-7-25(18(2)12-20)39-23-8-10-35-26(15-23)30-16-32-35/h3-4,7-12,15-17,19,21-22H,1,5-6,13-14H2,2H3,(H,31,33,34)/t19?,21-,22+. The molecule has 0 aliphatic carbocycles. The molecule has 5 aromatic rings. The minimum Gasteiger partial charge on any atom is -0.457 e. The van der Waals surface area contributed by atoms with Gasteiger partial charge in [0.15, 0.2) is 11.5 Å². The van der Waals surface area contributed by atoms with Crippen LogP contribution in [-0.2, 0) is 4.79 Å². The maximum Gasteiger partial charge on any atom is 0.246 e. The summed E-state index contributed by atoms with van der Waals surface area (Å²) in [6, 6.07) is 12.4. The van der Waals surface area contributed by atoms with Crippen LogP contribution in [0.15, 0.2) is 74.1 Å². The number of carbonyl (C=O) groups excluding carboxylic acids is 1. The monoisotopic (exact) mass is 520 g/mol. The molecule has 2 fully saturated rings. The van der Waals surface area contributed by atoms with Gasteiger partial charge in [-0.2, -0.15) is 10.2 Å². The van der Waals surface area contributed by atoms with E-state index in [1.54, 1.807) is 10.8 Å². The lowest BCUT2D eigenvalue weighted by Gasteiger charge is -2.38. The fourth-order valence-corrected chi connectivity index (χ4v) is 6.26. The Morgan fingerprint density at radius 3 is 2.59 bits per heavy atom. The highest BCUT2D eigenvalue weighted by atomic mass is 16.5. The summed E-state index contributed by atoms with van der Waals surface area (Å²) in [5.74, 6) is 2.61. The first-order valence-electron chi connectivity index (χ1n) is 13.2. The lowest BCUT2D eigenvalue weighted by molar-refractivity contribution is -0.130. The van der Waals surface area contributed by atoms with Gasteiger partial charge in [0.1, 0.15) is 29.7 Å². The number of rotatable bonds is 6. The highest BCUT2D eigenvalue weighted by molar-refractivity contribution is 5.88. The zero-order valence-electron chi connectivity index (χ0n) is 21.6. The van der Waals surface area contributed by atoms with Crippen LogP contribution in [0.1, 0.15) is 42.7 Å². The average molecular weight is 521 g/mol. The van der Waals surface area contributed by atoms with Gasteiger partial charge in [-0.15, -0.1) is 0 Å². The molecular formula is C29H28N8O2. The van der Waals surface area contributed by atoms with Crippen molar-refractivity contribution < 1.29 is 9.53 Å². The molecule has 2 bridgehead atoms. The summed E-state index contributed by atoms with van der Waals surface area (Å²) in [4.78, 5) is 23.3. The number of nitrogens with one attached hydrogen (secondary N) is 1. The SMILES string of the molecule is C=CC(=O)N1[C@@H]2CC[C@H]1CC(c1ccn3ncnc(Nc4ccc(Oc5ccn6ncnc6c5)c(C)c4)c13)C2. The summed E-state index contributed by atoms with van der Waals surface area (Å²) >= 11 is 0. The third kappa shape index (κ3) is 4.08. The van der Waals surface area contributed by atoms with E-state index < -0.39 is 0 Å². The van der Waals surface area contributed by atoms with Gasteiger partial charge in [-0.25, -0.2) is 19.0 Å². The molecule has 3 atom stereocenters. The summed E-state index contributed by atoms with van der Waals surface area (Å²) in [6.07, 6.45) is 12.3. The average Bonchev–Trinajstić information content (AvgIpc) is 3.66. The second-order valence-corrected chi connectivity index (χ2v) is 10.3. The fraction of sp³-hybridized carbons (Fsp3) is 0.276. The number of piperidine rings is 1. The largest absolute Gasteiger partial charge is 0.457 e. The van der Waals surface area contributed by atoms with Gasteiger partial charge < -0.3 is 15.0 Å². The first kappa shape index (κ1) is 23.4. The number of carbonyl (C=O) groups is 1. The first-order chi connectivity index (χ1) is 19.1. The van der Waals surface area contributed by atoms with E-state index >= 15 is 0 Å². The highest BCUT2D eigenvalue weighted by Gasteiger charge is 2.43. The summed E-state index contributed by atoms with van der Waals surface area (Å²) < 4.78 is 9.72.